The Morgan fingerprint density at radius 1 is 0.931 bits per heavy atom. The second-order valence-corrected chi connectivity index (χ2v) is 9.04. The Labute approximate surface area is 173 Å². The van der Waals surface area contributed by atoms with Gasteiger partial charge in [0.25, 0.3) is 0 Å². The number of rotatable bonds is 6. The van der Waals surface area contributed by atoms with Crippen molar-refractivity contribution in [3.63, 3.8) is 0 Å². The number of benzene rings is 1. The summed E-state index contributed by atoms with van der Waals surface area (Å²) in [4.78, 5) is 0. The van der Waals surface area contributed by atoms with Gasteiger partial charge in [0.05, 0.1) is 19.8 Å². The van der Waals surface area contributed by atoms with Crippen LogP contribution in [0.2, 0.25) is 0 Å². The first-order chi connectivity index (χ1) is 14.1. The van der Waals surface area contributed by atoms with Gasteiger partial charge in [-0.3, -0.25) is 0 Å². The summed E-state index contributed by atoms with van der Waals surface area (Å²) in [5, 5.41) is 0. The lowest BCUT2D eigenvalue weighted by Crippen LogP contribution is -2.37. The number of unbranched alkanes of at least 4 members (excludes halogenated alkanes) is 1. The molecule has 1 aromatic rings. The second-order valence-electron chi connectivity index (χ2n) is 9.04. The molecule has 29 heavy (non-hydrogen) atoms. The number of ether oxygens (including phenoxy) is 3. The summed E-state index contributed by atoms with van der Waals surface area (Å²) in [6.45, 7) is 3.91. The maximum atomic E-state index is 14.7. The molecule has 162 valence electrons. The van der Waals surface area contributed by atoms with Crippen LogP contribution >= 0.6 is 0 Å². The zero-order valence-electron chi connectivity index (χ0n) is 17.6. The highest BCUT2D eigenvalue weighted by atomic mass is 19.2. The molecule has 0 aromatic heterocycles. The van der Waals surface area contributed by atoms with Crippen molar-refractivity contribution in [3.8, 4) is 5.75 Å². The van der Waals surface area contributed by atoms with E-state index < -0.39 is 11.6 Å². The molecule has 0 N–H and O–H groups in total. The van der Waals surface area contributed by atoms with E-state index in [4.69, 9.17) is 14.2 Å². The summed E-state index contributed by atoms with van der Waals surface area (Å²) in [5.41, 5.74) is 0.527. The SMILES string of the molecule is CCCCOc1ccc(C2CCC(C3CCC4(CC3)OCCO4)CC2)c(F)c1F. The fourth-order valence-corrected chi connectivity index (χ4v) is 5.54. The van der Waals surface area contributed by atoms with E-state index in [-0.39, 0.29) is 17.5 Å². The van der Waals surface area contributed by atoms with Gasteiger partial charge >= 0.3 is 0 Å². The molecule has 1 saturated heterocycles. The first-order valence-electron chi connectivity index (χ1n) is 11.5. The molecule has 3 fully saturated rings. The van der Waals surface area contributed by atoms with Crippen LogP contribution in [0.3, 0.4) is 0 Å². The Morgan fingerprint density at radius 2 is 1.59 bits per heavy atom. The molecular formula is C24H34F2O3. The summed E-state index contributed by atoms with van der Waals surface area (Å²) < 4.78 is 46.2. The molecule has 1 aliphatic heterocycles. The highest BCUT2D eigenvalue weighted by molar-refractivity contribution is 5.33. The van der Waals surface area contributed by atoms with E-state index in [0.717, 1.165) is 77.4 Å². The lowest BCUT2D eigenvalue weighted by atomic mass is 9.69. The van der Waals surface area contributed by atoms with Gasteiger partial charge < -0.3 is 14.2 Å². The topological polar surface area (TPSA) is 27.7 Å². The molecule has 0 radical (unpaired) electrons. The van der Waals surface area contributed by atoms with Crippen molar-refractivity contribution in [2.45, 2.75) is 82.8 Å². The summed E-state index contributed by atoms with van der Waals surface area (Å²) in [6, 6.07) is 3.35. The van der Waals surface area contributed by atoms with Crippen LogP contribution < -0.4 is 4.74 Å². The van der Waals surface area contributed by atoms with E-state index in [0.29, 0.717) is 24.0 Å². The Morgan fingerprint density at radius 3 is 2.24 bits per heavy atom. The van der Waals surface area contributed by atoms with E-state index in [1.165, 1.54) is 0 Å². The maximum Gasteiger partial charge on any atom is 0.200 e. The van der Waals surface area contributed by atoms with Gasteiger partial charge in [0, 0.05) is 12.8 Å². The Balaban J connectivity index is 1.31. The van der Waals surface area contributed by atoms with E-state index in [9.17, 15) is 8.78 Å². The van der Waals surface area contributed by atoms with Gasteiger partial charge in [-0.05, 0) is 74.3 Å². The first kappa shape index (κ1) is 21.0. The predicted octanol–water partition coefficient (Wildman–Crippen LogP) is 6.35. The van der Waals surface area contributed by atoms with Gasteiger partial charge in [-0.1, -0.05) is 19.4 Å². The summed E-state index contributed by atoms with van der Waals surface area (Å²) >= 11 is 0. The van der Waals surface area contributed by atoms with E-state index in [1.807, 2.05) is 6.92 Å². The number of hydrogen-bond donors (Lipinski definition) is 0. The minimum atomic E-state index is -0.824. The molecule has 0 unspecified atom stereocenters. The lowest BCUT2D eigenvalue weighted by molar-refractivity contribution is -0.185. The van der Waals surface area contributed by atoms with Crippen LogP contribution in [0.4, 0.5) is 8.78 Å². The Bertz CT molecular complexity index is 669. The van der Waals surface area contributed by atoms with Crippen LogP contribution in [0.1, 0.15) is 82.6 Å². The van der Waals surface area contributed by atoms with Gasteiger partial charge in [-0.15, -0.1) is 0 Å². The van der Waals surface area contributed by atoms with Crippen LogP contribution in [-0.2, 0) is 9.47 Å². The van der Waals surface area contributed by atoms with Crippen LogP contribution in [0, 0.1) is 23.5 Å². The molecule has 0 bridgehead atoms. The predicted molar refractivity (Wildman–Crippen MR) is 108 cm³/mol. The third-order valence-corrected chi connectivity index (χ3v) is 7.32. The normalized spacial score (nSPS) is 27.4. The molecule has 1 aromatic carbocycles. The molecular weight excluding hydrogens is 374 g/mol. The molecule has 3 aliphatic rings. The van der Waals surface area contributed by atoms with Crippen molar-refractivity contribution in [2.75, 3.05) is 19.8 Å². The molecule has 0 amide bonds. The van der Waals surface area contributed by atoms with Crippen molar-refractivity contribution in [2.24, 2.45) is 11.8 Å². The maximum absolute atomic E-state index is 14.7. The van der Waals surface area contributed by atoms with E-state index in [2.05, 4.69) is 0 Å². The van der Waals surface area contributed by atoms with Crippen molar-refractivity contribution in [3.05, 3.63) is 29.3 Å². The van der Waals surface area contributed by atoms with Crippen LogP contribution in [0.15, 0.2) is 12.1 Å². The molecule has 1 heterocycles. The third-order valence-electron chi connectivity index (χ3n) is 7.32. The largest absolute Gasteiger partial charge is 0.490 e. The van der Waals surface area contributed by atoms with E-state index in [1.54, 1.807) is 12.1 Å². The fraction of sp³-hybridized carbons (Fsp3) is 0.750. The Kier molecular flexibility index (Phi) is 6.75. The molecule has 2 saturated carbocycles. The van der Waals surface area contributed by atoms with Crippen molar-refractivity contribution in [1.29, 1.82) is 0 Å². The number of hydrogen-bond acceptors (Lipinski definition) is 3. The average Bonchev–Trinajstić information content (AvgIpc) is 3.20. The number of halogens is 2. The molecule has 0 atom stereocenters. The summed E-state index contributed by atoms with van der Waals surface area (Å²) in [7, 11) is 0. The lowest BCUT2D eigenvalue weighted by Gasteiger charge is -2.41. The highest BCUT2D eigenvalue weighted by Crippen LogP contribution is 2.47. The monoisotopic (exact) mass is 408 g/mol. The van der Waals surface area contributed by atoms with Crippen molar-refractivity contribution >= 4 is 0 Å². The third kappa shape index (κ3) is 4.61. The second kappa shape index (κ2) is 9.30. The zero-order valence-corrected chi connectivity index (χ0v) is 17.6. The quantitative estimate of drug-likeness (QED) is 0.513. The van der Waals surface area contributed by atoms with Gasteiger partial charge in [-0.25, -0.2) is 4.39 Å². The smallest absolute Gasteiger partial charge is 0.200 e. The highest BCUT2D eigenvalue weighted by Gasteiger charge is 2.42. The van der Waals surface area contributed by atoms with E-state index >= 15 is 0 Å². The van der Waals surface area contributed by atoms with Crippen LogP contribution in [0.5, 0.6) is 5.75 Å². The summed E-state index contributed by atoms with van der Waals surface area (Å²) in [6.07, 6.45) is 10.2. The van der Waals surface area contributed by atoms with Gasteiger partial charge in [0.1, 0.15) is 0 Å². The van der Waals surface area contributed by atoms with Gasteiger partial charge in [0.15, 0.2) is 17.4 Å². The minimum absolute atomic E-state index is 0.0425. The van der Waals surface area contributed by atoms with Gasteiger partial charge in [0.2, 0.25) is 5.82 Å². The average molecular weight is 409 g/mol. The molecule has 5 heteroatoms. The van der Waals surface area contributed by atoms with Crippen LogP contribution in [-0.4, -0.2) is 25.6 Å². The first-order valence-corrected chi connectivity index (χ1v) is 11.5. The molecule has 1 spiro atoms. The molecule has 2 aliphatic carbocycles. The molecule has 4 rings (SSSR count). The molecule has 3 nitrogen and oxygen atoms in total. The fourth-order valence-electron chi connectivity index (χ4n) is 5.54. The van der Waals surface area contributed by atoms with Gasteiger partial charge in [-0.2, -0.15) is 4.39 Å². The minimum Gasteiger partial charge on any atom is -0.490 e. The zero-order chi connectivity index (χ0) is 20.3. The Hall–Kier alpha value is -1.20. The standard InChI is InChI=1S/C24H34F2O3/c1-2-3-14-27-21-9-8-20(22(25)23(21)26)19-6-4-17(5-7-19)18-10-12-24(13-11-18)28-15-16-29-24/h8-9,17-19H,2-7,10-16H2,1H3. The van der Waals surface area contributed by atoms with Crippen LogP contribution in [0.25, 0.3) is 0 Å². The van der Waals surface area contributed by atoms with Crippen molar-refractivity contribution < 1.29 is 23.0 Å². The summed E-state index contributed by atoms with van der Waals surface area (Å²) in [5.74, 6) is -0.273. The van der Waals surface area contributed by atoms with Crippen molar-refractivity contribution in [1.82, 2.24) is 0 Å².